The molecule has 1 aromatic rings. The maximum absolute atomic E-state index is 12.5. The molecule has 1 aliphatic carbocycles. The van der Waals surface area contributed by atoms with Gasteiger partial charge in [0.1, 0.15) is 5.78 Å². The summed E-state index contributed by atoms with van der Waals surface area (Å²) in [5, 5.41) is 7.41. The van der Waals surface area contributed by atoms with E-state index in [1.165, 1.54) is 23.1 Å². The van der Waals surface area contributed by atoms with Crippen LogP contribution < -0.4 is 0 Å². The van der Waals surface area contributed by atoms with Crippen molar-refractivity contribution in [2.45, 2.75) is 36.8 Å². The fourth-order valence-electron chi connectivity index (χ4n) is 2.22. The van der Waals surface area contributed by atoms with Crippen LogP contribution >= 0.6 is 15.9 Å². The Morgan fingerprint density at radius 1 is 1.37 bits per heavy atom. The number of nitrogens with zero attached hydrogens (tertiary/aromatic N) is 4. The molecule has 0 bridgehead atoms. The molecule has 1 heterocycles. The minimum Gasteiger partial charge on any atom is -0.300 e. The molecular weight excluding hydrogens is 336 g/mol. The molecule has 1 aromatic heterocycles. The number of sulfonamides is 1. The summed E-state index contributed by atoms with van der Waals surface area (Å²) in [7, 11) is -0.593. The zero-order valence-corrected chi connectivity index (χ0v) is 13.1. The van der Waals surface area contributed by atoms with E-state index in [0.717, 1.165) is 0 Å². The summed E-state index contributed by atoms with van der Waals surface area (Å²) in [5.74, 6) is 0.199. The first kappa shape index (κ1) is 14.6. The number of carbonyl (C=O) groups is 1. The minimum atomic E-state index is -3.66. The lowest BCUT2D eigenvalue weighted by molar-refractivity contribution is -0.120. The molecule has 0 unspecified atom stereocenters. The number of aromatic nitrogens is 3. The first-order valence-electron chi connectivity index (χ1n) is 5.89. The fourth-order valence-corrected chi connectivity index (χ4v) is 4.66. The van der Waals surface area contributed by atoms with Crippen LogP contribution in [0.4, 0.5) is 0 Å². The molecule has 0 spiro atoms. The molecule has 0 N–H and O–H groups in total. The Labute approximate surface area is 120 Å². The second kappa shape index (κ2) is 5.29. The van der Waals surface area contributed by atoms with Gasteiger partial charge in [0.2, 0.25) is 5.03 Å². The van der Waals surface area contributed by atoms with Crippen LogP contribution in [0, 0.1) is 0 Å². The van der Waals surface area contributed by atoms with E-state index >= 15 is 0 Å². The van der Waals surface area contributed by atoms with E-state index in [1.807, 2.05) is 0 Å². The molecule has 9 heteroatoms. The summed E-state index contributed by atoms with van der Waals surface area (Å²) in [5.41, 5.74) is 0. The van der Waals surface area contributed by atoms with Gasteiger partial charge in [-0.05, 0) is 28.8 Å². The van der Waals surface area contributed by atoms with Gasteiger partial charge in [0, 0.05) is 33.0 Å². The Bertz CT molecular complexity index is 568. The third kappa shape index (κ3) is 2.72. The second-order valence-electron chi connectivity index (χ2n) is 4.60. The van der Waals surface area contributed by atoms with Crippen LogP contribution in [-0.2, 0) is 21.9 Å². The highest BCUT2D eigenvalue weighted by atomic mass is 79.9. The van der Waals surface area contributed by atoms with Gasteiger partial charge in [-0.25, -0.2) is 13.1 Å². The molecule has 1 saturated carbocycles. The van der Waals surface area contributed by atoms with E-state index in [2.05, 4.69) is 26.2 Å². The average Bonchev–Trinajstić information content (AvgIpc) is 2.69. The van der Waals surface area contributed by atoms with Gasteiger partial charge < -0.3 is 0 Å². The number of ketones is 1. The number of rotatable bonds is 3. The maximum atomic E-state index is 12.5. The van der Waals surface area contributed by atoms with Crippen molar-refractivity contribution in [1.29, 1.82) is 0 Å². The summed E-state index contributed by atoms with van der Waals surface area (Å²) in [6.45, 7) is 0. The molecule has 2 rings (SSSR count). The zero-order chi connectivity index (χ0) is 14.2. The van der Waals surface area contributed by atoms with Crippen molar-refractivity contribution in [3.8, 4) is 0 Å². The average molecular weight is 351 g/mol. The predicted octanol–water partition coefficient (Wildman–Crippen LogP) is 0.710. The Balaban J connectivity index is 2.27. The van der Waals surface area contributed by atoms with E-state index in [1.54, 1.807) is 0 Å². The molecule has 0 saturated heterocycles. The van der Waals surface area contributed by atoms with Crippen LogP contribution in [0.2, 0.25) is 0 Å². The molecule has 19 heavy (non-hydrogen) atoms. The van der Waals surface area contributed by atoms with Crippen molar-refractivity contribution in [1.82, 2.24) is 19.3 Å². The molecule has 7 nitrogen and oxygen atoms in total. The molecule has 0 atom stereocenters. The van der Waals surface area contributed by atoms with Crippen molar-refractivity contribution < 1.29 is 13.2 Å². The number of halogens is 1. The molecule has 106 valence electrons. The quantitative estimate of drug-likeness (QED) is 0.801. The molecule has 0 radical (unpaired) electrons. The van der Waals surface area contributed by atoms with Gasteiger partial charge in [-0.2, -0.15) is 4.31 Å². The van der Waals surface area contributed by atoms with Gasteiger partial charge >= 0.3 is 0 Å². The van der Waals surface area contributed by atoms with Crippen LogP contribution in [0.5, 0.6) is 0 Å². The smallest absolute Gasteiger partial charge is 0.263 e. The Hall–Kier alpha value is -0.800. The molecule has 0 aliphatic heterocycles. The van der Waals surface area contributed by atoms with E-state index in [9.17, 15) is 13.2 Å². The van der Waals surface area contributed by atoms with Crippen LogP contribution in [0.15, 0.2) is 9.63 Å². The lowest BCUT2D eigenvalue weighted by Gasteiger charge is -2.29. The van der Waals surface area contributed by atoms with E-state index in [0.29, 0.717) is 25.7 Å². The third-order valence-corrected chi connectivity index (χ3v) is 6.19. The summed E-state index contributed by atoms with van der Waals surface area (Å²) < 4.78 is 27.8. The highest BCUT2D eigenvalue weighted by molar-refractivity contribution is 9.10. The SMILES string of the molecule is CN(C1CCC(=O)CC1)S(=O)(=O)c1c(Br)nnn1C. The molecule has 1 aliphatic rings. The molecule has 0 amide bonds. The lowest BCUT2D eigenvalue weighted by atomic mass is 9.95. The van der Waals surface area contributed by atoms with Crippen molar-refractivity contribution in [2.24, 2.45) is 7.05 Å². The summed E-state index contributed by atoms with van der Waals surface area (Å²) in [4.78, 5) is 11.2. The van der Waals surface area contributed by atoms with Gasteiger partial charge in [-0.3, -0.25) is 4.79 Å². The highest BCUT2D eigenvalue weighted by Gasteiger charge is 2.34. The number of carbonyl (C=O) groups excluding carboxylic acids is 1. The van der Waals surface area contributed by atoms with E-state index < -0.39 is 10.0 Å². The van der Waals surface area contributed by atoms with Crippen molar-refractivity contribution in [2.75, 3.05) is 7.05 Å². The van der Waals surface area contributed by atoms with Gasteiger partial charge in [-0.1, -0.05) is 5.21 Å². The lowest BCUT2D eigenvalue weighted by Crippen LogP contribution is -2.40. The largest absolute Gasteiger partial charge is 0.300 e. The summed E-state index contributed by atoms with van der Waals surface area (Å²) in [6.07, 6.45) is 2.01. The predicted molar refractivity (Wildman–Crippen MR) is 70.9 cm³/mol. The standard InChI is InChI=1S/C10H15BrN4O3S/c1-14-10(9(11)12-13-14)19(17,18)15(2)7-3-5-8(16)6-4-7/h7H,3-6H2,1-2H3. The first-order chi connectivity index (χ1) is 8.84. The molecule has 1 fully saturated rings. The van der Waals surface area contributed by atoms with Crippen LogP contribution in [0.25, 0.3) is 0 Å². The monoisotopic (exact) mass is 350 g/mol. The van der Waals surface area contributed by atoms with Gasteiger partial charge in [0.15, 0.2) is 4.60 Å². The topological polar surface area (TPSA) is 85.2 Å². The highest BCUT2D eigenvalue weighted by Crippen LogP contribution is 2.27. The van der Waals surface area contributed by atoms with Gasteiger partial charge in [-0.15, -0.1) is 5.10 Å². The minimum absolute atomic E-state index is 0.0342. The van der Waals surface area contributed by atoms with Crippen LogP contribution in [0.1, 0.15) is 25.7 Å². The Morgan fingerprint density at radius 2 is 1.95 bits per heavy atom. The van der Waals surface area contributed by atoms with Crippen molar-refractivity contribution in [3.63, 3.8) is 0 Å². The first-order valence-corrected chi connectivity index (χ1v) is 8.12. The zero-order valence-electron chi connectivity index (χ0n) is 10.7. The molecule has 0 aromatic carbocycles. The Morgan fingerprint density at radius 3 is 2.42 bits per heavy atom. The van der Waals surface area contributed by atoms with Gasteiger partial charge in [0.25, 0.3) is 10.0 Å². The van der Waals surface area contributed by atoms with Gasteiger partial charge in [0.05, 0.1) is 0 Å². The Kier molecular flexibility index (Phi) is 4.07. The number of hydrogen-bond donors (Lipinski definition) is 0. The number of hydrogen-bond acceptors (Lipinski definition) is 5. The summed E-state index contributed by atoms with van der Waals surface area (Å²) in [6, 6.07) is -0.149. The molecular formula is C10H15BrN4O3S. The second-order valence-corrected chi connectivity index (χ2v) is 7.26. The number of aryl methyl sites for hydroxylation is 1. The summed E-state index contributed by atoms with van der Waals surface area (Å²) >= 11 is 3.10. The maximum Gasteiger partial charge on any atom is 0.263 e. The van der Waals surface area contributed by atoms with Crippen LogP contribution in [-0.4, -0.2) is 46.6 Å². The third-order valence-electron chi connectivity index (χ3n) is 3.39. The fraction of sp³-hybridized carbons (Fsp3) is 0.700. The number of Topliss-reactive ketones (excluding diaryl/α,β-unsaturated/α-hetero) is 1. The van der Waals surface area contributed by atoms with Crippen molar-refractivity contribution in [3.05, 3.63) is 4.60 Å². The van der Waals surface area contributed by atoms with E-state index in [4.69, 9.17) is 0 Å². The normalized spacial score (nSPS) is 18.2. The van der Waals surface area contributed by atoms with Crippen molar-refractivity contribution >= 4 is 31.7 Å². The van der Waals surface area contributed by atoms with E-state index in [-0.39, 0.29) is 21.5 Å². The van der Waals surface area contributed by atoms with Crippen LogP contribution in [0.3, 0.4) is 0 Å².